The van der Waals surface area contributed by atoms with Crippen LogP contribution in [0.25, 0.3) is 0 Å². The lowest BCUT2D eigenvalue weighted by Crippen LogP contribution is -2.15. The molecule has 0 aromatic heterocycles. The molecule has 1 aromatic carbocycles. The maximum absolute atomic E-state index is 11.8. The number of phenols is 1. The highest BCUT2D eigenvalue weighted by molar-refractivity contribution is 5.89. The first-order valence-corrected chi connectivity index (χ1v) is 15.2. The quantitative estimate of drug-likeness (QED) is 0.0939. The van der Waals surface area contributed by atoms with Crippen LogP contribution in [-0.4, -0.2) is 97.0 Å². The number of benzene rings is 1. The Kier molecular flexibility index (Phi) is 26.1. The smallest absolute Gasteiger partial charge is 0.338 e. The standard InChI is InChI=1S/C31H54O9/c1-2-3-4-5-6-7-8-9-10-11-16-34-17-18-35-19-20-36-21-22-37-23-24-38-25-26-39-27-28-40-31(33)29-12-14-30(32)15-13-29/h12-15,32H,2-11,16-28H2,1H3. The third-order valence-electron chi connectivity index (χ3n) is 6.07. The molecule has 0 bridgehead atoms. The summed E-state index contributed by atoms with van der Waals surface area (Å²) >= 11 is 0. The number of carbonyl (C=O) groups is 1. The summed E-state index contributed by atoms with van der Waals surface area (Å²) in [7, 11) is 0. The number of ether oxygens (including phenoxy) is 7. The van der Waals surface area contributed by atoms with Gasteiger partial charge in [0, 0.05) is 6.61 Å². The van der Waals surface area contributed by atoms with Crippen LogP contribution in [0.1, 0.15) is 81.5 Å². The molecule has 0 fully saturated rings. The van der Waals surface area contributed by atoms with Crippen molar-refractivity contribution in [3.05, 3.63) is 29.8 Å². The van der Waals surface area contributed by atoms with Gasteiger partial charge in [0.2, 0.25) is 0 Å². The van der Waals surface area contributed by atoms with Crippen LogP contribution in [0.3, 0.4) is 0 Å². The van der Waals surface area contributed by atoms with Gasteiger partial charge in [-0.1, -0.05) is 64.7 Å². The molecule has 1 rings (SSSR count). The summed E-state index contributed by atoms with van der Waals surface area (Å²) < 4.78 is 38.0. The maximum Gasteiger partial charge on any atom is 0.338 e. The molecule has 9 heteroatoms. The molecule has 1 N–H and O–H groups in total. The molecular weight excluding hydrogens is 516 g/mol. The molecule has 232 valence electrons. The van der Waals surface area contributed by atoms with Crippen molar-refractivity contribution < 1.29 is 43.1 Å². The number of phenolic OH excluding ortho intramolecular Hbond substituents is 1. The Morgan fingerprint density at radius 3 is 1.27 bits per heavy atom. The van der Waals surface area contributed by atoms with Gasteiger partial charge in [0.1, 0.15) is 12.4 Å². The Morgan fingerprint density at radius 1 is 0.500 bits per heavy atom. The molecule has 0 amide bonds. The molecule has 0 radical (unpaired) electrons. The van der Waals surface area contributed by atoms with Gasteiger partial charge in [0.25, 0.3) is 0 Å². The van der Waals surface area contributed by atoms with E-state index in [1.165, 1.54) is 82.1 Å². The number of aromatic hydroxyl groups is 1. The first-order valence-electron chi connectivity index (χ1n) is 15.2. The first kappa shape index (κ1) is 36.3. The largest absolute Gasteiger partial charge is 0.508 e. The molecule has 9 nitrogen and oxygen atoms in total. The van der Waals surface area contributed by atoms with Gasteiger partial charge in [0.05, 0.1) is 78.2 Å². The number of rotatable bonds is 30. The predicted molar refractivity (Wildman–Crippen MR) is 155 cm³/mol. The normalized spacial score (nSPS) is 11.2. The van der Waals surface area contributed by atoms with Crippen molar-refractivity contribution in [1.82, 2.24) is 0 Å². The number of hydrogen-bond acceptors (Lipinski definition) is 9. The zero-order valence-electron chi connectivity index (χ0n) is 24.8. The fourth-order valence-corrected chi connectivity index (χ4v) is 3.77. The molecule has 0 heterocycles. The fourth-order valence-electron chi connectivity index (χ4n) is 3.77. The van der Waals surface area contributed by atoms with Gasteiger partial charge in [-0.2, -0.15) is 0 Å². The summed E-state index contributed by atoms with van der Waals surface area (Å²) in [6.45, 7) is 8.70. The molecule has 0 saturated heterocycles. The van der Waals surface area contributed by atoms with Crippen molar-refractivity contribution in [2.75, 3.05) is 85.9 Å². The SMILES string of the molecule is CCCCCCCCCCCCOCCOCCOCCOCCOCCOCCOC(=O)c1ccc(O)cc1. The maximum atomic E-state index is 11.8. The number of unbranched alkanes of at least 4 members (excludes halogenated alkanes) is 9. The fraction of sp³-hybridized carbons (Fsp3) is 0.774. The van der Waals surface area contributed by atoms with Crippen molar-refractivity contribution in [2.24, 2.45) is 0 Å². The van der Waals surface area contributed by atoms with Gasteiger partial charge in [0.15, 0.2) is 0 Å². The van der Waals surface area contributed by atoms with E-state index in [0.717, 1.165) is 13.0 Å². The van der Waals surface area contributed by atoms with Crippen LogP contribution >= 0.6 is 0 Å². The van der Waals surface area contributed by atoms with Crippen molar-refractivity contribution in [3.8, 4) is 5.75 Å². The van der Waals surface area contributed by atoms with E-state index in [9.17, 15) is 9.90 Å². The molecule has 1 aromatic rings. The molecule has 0 atom stereocenters. The third-order valence-corrected chi connectivity index (χ3v) is 6.07. The lowest BCUT2D eigenvalue weighted by Gasteiger charge is -2.08. The number of hydrogen-bond donors (Lipinski definition) is 1. The second kappa shape index (κ2) is 28.8. The van der Waals surface area contributed by atoms with E-state index in [1.54, 1.807) is 0 Å². The highest BCUT2D eigenvalue weighted by Gasteiger charge is 2.06. The highest BCUT2D eigenvalue weighted by atomic mass is 16.6. The Balaban J connectivity index is 1.67. The average molecular weight is 571 g/mol. The van der Waals surface area contributed by atoms with E-state index in [4.69, 9.17) is 33.2 Å². The molecule has 0 spiro atoms. The van der Waals surface area contributed by atoms with Crippen molar-refractivity contribution in [3.63, 3.8) is 0 Å². The van der Waals surface area contributed by atoms with Gasteiger partial charge >= 0.3 is 5.97 Å². The zero-order chi connectivity index (χ0) is 28.8. The zero-order valence-corrected chi connectivity index (χ0v) is 24.8. The molecular formula is C31H54O9. The minimum Gasteiger partial charge on any atom is -0.508 e. The molecule has 0 aliphatic carbocycles. The van der Waals surface area contributed by atoms with E-state index in [0.29, 0.717) is 71.6 Å². The Bertz CT molecular complexity index is 669. The van der Waals surface area contributed by atoms with Crippen molar-refractivity contribution >= 4 is 5.97 Å². The third kappa shape index (κ3) is 24.1. The minimum absolute atomic E-state index is 0.103. The van der Waals surface area contributed by atoms with Gasteiger partial charge in [-0.3, -0.25) is 0 Å². The van der Waals surface area contributed by atoms with Crippen molar-refractivity contribution in [2.45, 2.75) is 71.1 Å². The van der Waals surface area contributed by atoms with E-state index in [2.05, 4.69) is 6.92 Å². The highest BCUT2D eigenvalue weighted by Crippen LogP contribution is 2.11. The van der Waals surface area contributed by atoms with Crippen LogP contribution in [0, 0.1) is 0 Å². The summed E-state index contributed by atoms with van der Waals surface area (Å²) in [6.07, 6.45) is 13.4. The van der Waals surface area contributed by atoms with E-state index in [-0.39, 0.29) is 19.0 Å². The summed E-state index contributed by atoms with van der Waals surface area (Å²) in [6, 6.07) is 5.89. The van der Waals surface area contributed by atoms with Crippen LogP contribution in [0.15, 0.2) is 24.3 Å². The van der Waals surface area contributed by atoms with Gasteiger partial charge in [-0.05, 0) is 30.7 Å². The van der Waals surface area contributed by atoms with Crippen LogP contribution in [0.5, 0.6) is 5.75 Å². The molecule has 0 aliphatic heterocycles. The van der Waals surface area contributed by atoms with Crippen LogP contribution in [0.2, 0.25) is 0 Å². The number of esters is 1. The van der Waals surface area contributed by atoms with E-state index in [1.807, 2.05) is 0 Å². The summed E-state index contributed by atoms with van der Waals surface area (Å²) in [5.74, 6) is -0.348. The Morgan fingerprint density at radius 2 is 0.850 bits per heavy atom. The topological polar surface area (TPSA) is 102 Å². The van der Waals surface area contributed by atoms with Crippen LogP contribution in [-0.2, 0) is 33.2 Å². The number of carbonyl (C=O) groups excluding carboxylic acids is 1. The lowest BCUT2D eigenvalue weighted by molar-refractivity contribution is -0.0194. The molecule has 40 heavy (non-hydrogen) atoms. The van der Waals surface area contributed by atoms with Crippen molar-refractivity contribution in [1.29, 1.82) is 0 Å². The van der Waals surface area contributed by atoms with Crippen LogP contribution < -0.4 is 0 Å². The van der Waals surface area contributed by atoms with Crippen LogP contribution in [0.4, 0.5) is 0 Å². The molecule has 0 aliphatic rings. The average Bonchev–Trinajstić information content (AvgIpc) is 2.96. The monoisotopic (exact) mass is 570 g/mol. The summed E-state index contributed by atoms with van der Waals surface area (Å²) in [5, 5.41) is 9.22. The van der Waals surface area contributed by atoms with Gasteiger partial charge in [-0.25, -0.2) is 4.79 Å². The molecule has 0 saturated carbocycles. The lowest BCUT2D eigenvalue weighted by atomic mass is 10.1. The summed E-state index contributed by atoms with van der Waals surface area (Å²) in [4.78, 5) is 11.8. The van der Waals surface area contributed by atoms with E-state index >= 15 is 0 Å². The molecule has 0 unspecified atom stereocenters. The summed E-state index contributed by atoms with van der Waals surface area (Å²) in [5.41, 5.74) is 0.384. The minimum atomic E-state index is -0.451. The van der Waals surface area contributed by atoms with E-state index < -0.39 is 5.97 Å². The van der Waals surface area contributed by atoms with Gasteiger partial charge < -0.3 is 38.3 Å². The first-order chi connectivity index (χ1) is 19.7. The Labute approximate surface area is 241 Å². The predicted octanol–water partition coefficient (Wildman–Crippen LogP) is 5.57. The second-order valence-corrected chi connectivity index (χ2v) is 9.54. The Hall–Kier alpha value is -1.75. The second-order valence-electron chi connectivity index (χ2n) is 9.54. The van der Waals surface area contributed by atoms with Gasteiger partial charge in [-0.15, -0.1) is 0 Å².